The molecule has 1 amide bonds. The Kier molecular flexibility index (Phi) is 5.57. The summed E-state index contributed by atoms with van der Waals surface area (Å²) < 4.78 is 0. The molecule has 0 fully saturated rings. The molecule has 0 radical (unpaired) electrons. The average molecular weight is 290 g/mol. The predicted octanol–water partition coefficient (Wildman–Crippen LogP) is 3.48. The zero-order valence-electron chi connectivity index (χ0n) is 14.3. The second-order valence-corrected chi connectivity index (χ2v) is 8.03. The second-order valence-electron chi connectivity index (χ2n) is 8.03. The maximum absolute atomic E-state index is 12.4. The van der Waals surface area contributed by atoms with E-state index in [4.69, 9.17) is 5.73 Å². The minimum absolute atomic E-state index is 0.0178. The molecule has 118 valence electrons. The summed E-state index contributed by atoms with van der Waals surface area (Å²) in [7, 11) is 0. The molecule has 0 spiro atoms. The number of hydrogen-bond acceptors (Lipinski definition) is 2. The Morgan fingerprint density at radius 3 is 2.24 bits per heavy atom. The van der Waals surface area contributed by atoms with Crippen LogP contribution in [0.3, 0.4) is 0 Å². The minimum atomic E-state index is -0.0541. The summed E-state index contributed by atoms with van der Waals surface area (Å²) in [5.74, 6) is -0.0371. The van der Waals surface area contributed by atoms with Gasteiger partial charge in [0.2, 0.25) is 0 Å². The van der Waals surface area contributed by atoms with Gasteiger partial charge in [-0.25, -0.2) is 0 Å². The Morgan fingerprint density at radius 2 is 1.71 bits per heavy atom. The van der Waals surface area contributed by atoms with Gasteiger partial charge in [-0.05, 0) is 28.9 Å². The lowest BCUT2D eigenvalue weighted by Gasteiger charge is -2.25. The predicted molar refractivity (Wildman–Crippen MR) is 89.5 cm³/mol. The van der Waals surface area contributed by atoms with Gasteiger partial charge >= 0.3 is 0 Å². The number of nitrogens with one attached hydrogen (secondary N) is 1. The first-order chi connectivity index (χ1) is 9.50. The Labute approximate surface area is 129 Å². The van der Waals surface area contributed by atoms with Crippen molar-refractivity contribution in [2.45, 2.75) is 59.4 Å². The fourth-order valence-electron chi connectivity index (χ4n) is 2.51. The summed E-state index contributed by atoms with van der Waals surface area (Å²) in [5, 5.41) is 2.97. The lowest BCUT2D eigenvalue weighted by atomic mass is 9.83. The van der Waals surface area contributed by atoms with Crippen LogP contribution in [0.4, 0.5) is 0 Å². The van der Waals surface area contributed by atoms with Crippen LogP contribution in [0, 0.1) is 5.41 Å². The number of carbonyl (C=O) groups is 1. The largest absolute Gasteiger partial charge is 0.350 e. The molecular formula is C18H30N2O. The average Bonchev–Trinajstić information content (AvgIpc) is 2.33. The Morgan fingerprint density at radius 1 is 1.14 bits per heavy atom. The third-order valence-corrected chi connectivity index (χ3v) is 3.38. The summed E-state index contributed by atoms with van der Waals surface area (Å²) >= 11 is 0. The van der Waals surface area contributed by atoms with Gasteiger partial charge in [0.25, 0.3) is 5.91 Å². The first kappa shape index (κ1) is 17.7. The van der Waals surface area contributed by atoms with Crippen molar-refractivity contribution in [2.24, 2.45) is 11.1 Å². The minimum Gasteiger partial charge on any atom is -0.350 e. The molecule has 1 rings (SSSR count). The molecule has 0 aliphatic heterocycles. The van der Waals surface area contributed by atoms with E-state index in [1.807, 2.05) is 24.3 Å². The van der Waals surface area contributed by atoms with Crippen LogP contribution in [-0.4, -0.2) is 18.5 Å². The van der Waals surface area contributed by atoms with E-state index >= 15 is 0 Å². The van der Waals surface area contributed by atoms with Crippen molar-refractivity contribution in [3.8, 4) is 0 Å². The van der Waals surface area contributed by atoms with Crippen molar-refractivity contribution >= 4 is 5.91 Å². The van der Waals surface area contributed by atoms with Gasteiger partial charge in [0.15, 0.2) is 0 Å². The first-order valence-electron chi connectivity index (χ1n) is 7.64. The van der Waals surface area contributed by atoms with Crippen molar-refractivity contribution in [2.75, 3.05) is 6.54 Å². The van der Waals surface area contributed by atoms with Gasteiger partial charge < -0.3 is 11.1 Å². The van der Waals surface area contributed by atoms with E-state index in [1.165, 1.54) is 0 Å². The first-order valence-corrected chi connectivity index (χ1v) is 7.64. The lowest BCUT2D eigenvalue weighted by molar-refractivity contribution is 0.0946. The van der Waals surface area contributed by atoms with E-state index < -0.39 is 0 Å². The number of carbonyl (C=O) groups excluding carboxylic acids is 1. The third-order valence-electron chi connectivity index (χ3n) is 3.38. The number of nitrogens with two attached hydrogens (primary N) is 1. The van der Waals surface area contributed by atoms with Crippen LogP contribution in [0.25, 0.3) is 0 Å². The highest BCUT2D eigenvalue weighted by Gasteiger charge is 2.22. The van der Waals surface area contributed by atoms with Gasteiger partial charge in [-0.1, -0.05) is 59.7 Å². The molecule has 0 aromatic heterocycles. The van der Waals surface area contributed by atoms with E-state index in [0.29, 0.717) is 6.54 Å². The second kappa shape index (κ2) is 6.61. The third kappa shape index (κ3) is 5.88. The molecular weight excluding hydrogens is 260 g/mol. The maximum atomic E-state index is 12.4. The van der Waals surface area contributed by atoms with Crippen molar-refractivity contribution in [1.82, 2.24) is 5.32 Å². The van der Waals surface area contributed by atoms with Gasteiger partial charge in [-0.15, -0.1) is 0 Å². The van der Waals surface area contributed by atoms with Crippen molar-refractivity contribution in [3.05, 3.63) is 35.4 Å². The highest BCUT2D eigenvalue weighted by molar-refractivity contribution is 5.96. The highest BCUT2D eigenvalue weighted by Crippen LogP contribution is 2.25. The molecule has 0 aliphatic rings. The van der Waals surface area contributed by atoms with Gasteiger partial charge in [-0.2, -0.15) is 0 Å². The summed E-state index contributed by atoms with van der Waals surface area (Å²) in [5.41, 5.74) is 8.02. The van der Waals surface area contributed by atoms with Gasteiger partial charge in [0.1, 0.15) is 0 Å². The summed E-state index contributed by atoms with van der Waals surface area (Å²) in [6, 6.07) is 7.76. The molecule has 0 aliphatic carbocycles. The molecule has 21 heavy (non-hydrogen) atoms. The molecule has 0 bridgehead atoms. The lowest BCUT2D eigenvalue weighted by Crippen LogP contribution is -2.40. The Balaban J connectivity index is 2.73. The molecule has 1 aromatic rings. The molecule has 1 atom stereocenters. The molecule has 1 aromatic carbocycles. The molecule has 0 saturated carbocycles. The van der Waals surface area contributed by atoms with E-state index in [0.717, 1.165) is 17.5 Å². The van der Waals surface area contributed by atoms with E-state index in [2.05, 4.69) is 46.9 Å². The number of hydrogen-bond donors (Lipinski definition) is 2. The van der Waals surface area contributed by atoms with Crippen LogP contribution >= 0.6 is 0 Å². The van der Waals surface area contributed by atoms with E-state index in [1.54, 1.807) is 0 Å². The van der Waals surface area contributed by atoms with Crippen LogP contribution < -0.4 is 11.1 Å². The zero-order valence-corrected chi connectivity index (χ0v) is 14.3. The van der Waals surface area contributed by atoms with Crippen molar-refractivity contribution in [1.29, 1.82) is 0 Å². The zero-order chi connectivity index (χ0) is 16.3. The number of benzene rings is 1. The fraction of sp³-hybridized carbons (Fsp3) is 0.611. The molecule has 0 saturated heterocycles. The molecule has 0 heterocycles. The summed E-state index contributed by atoms with van der Waals surface area (Å²) in [6.07, 6.45) is 0.883. The van der Waals surface area contributed by atoms with Gasteiger partial charge in [-0.3, -0.25) is 4.79 Å². The summed E-state index contributed by atoms with van der Waals surface area (Å²) in [4.78, 5) is 12.4. The van der Waals surface area contributed by atoms with Crippen LogP contribution in [0.15, 0.2) is 24.3 Å². The normalized spacial score (nSPS) is 13.9. The topological polar surface area (TPSA) is 55.1 Å². The van der Waals surface area contributed by atoms with Crippen molar-refractivity contribution < 1.29 is 4.79 Å². The van der Waals surface area contributed by atoms with Gasteiger partial charge in [0, 0.05) is 18.2 Å². The molecule has 1 unspecified atom stereocenters. The van der Waals surface area contributed by atoms with Crippen LogP contribution in [0.5, 0.6) is 0 Å². The smallest absolute Gasteiger partial charge is 0.251 e. The van der Waals surface area contributed by atoms with Crippen molar-refractivity contribution in [3.63, 3.8) is 0 Å². The quantitative estimate of drug-likeness (QED) is 0.892. The standard InChI is InChI=1S/C18H30N2O/c1-17(2,3)11-13(19)12-20-16(21)14-9-7-8-10-15(14)18(4,5)6/h7-10,13H,11-12,19H2,1-6H3,(H,20,21). The molecule has 3 nitrogen and oxygen atoms in total. The Hall–Kier alpha value is -1.35. The SMILES string of the molecule is CC(C)(C)CC(N)CNC(=O)c1ccccc1C(C)(C)C. The van der Waals surface area contributed by atoms with Crippen LogP contribution in [0.2, 0.25) is 0 Å². The fourth-order valence-corrected chi connectivity index (χ4v) is 2.51. The Bertz CT molecular complexity index is 481. The van der Waals surface area contributed by atoms with Crippen LogP contribution in [0.1, 0.15) is 63.9 Å². The maximum Gasteiger partial charge on any atom is 0.251 e. The van der Waals surface area contributed by atoms with Gasteiger partial charge in [0.05, 0.1) is 0 Å². The van der Waals surface area contributed by atoms with E-state index in [9.17, 15) is 4.79 Å². The molecule has 3 heteroatoms. The monoisotopic (exact) mass is 290 g/mol. The van der Waals surface area contributed by atoms with E-state index in [-0.39, 0.29) is 22.8 Å². The molecule has 3 N–H and O–H groups in total. The number of rotatable bonds is 4. The van der Waals surface area contributed by atoms with Crippen LogP contribution in [-0.2, 0) is 5.41 Å². The highest BCUT2D eigenvalue weighted by atomic mass is 16.1. The summed E-state index contributed by atoms with van der Waals surface area (Å²) in [6.45, 7) is 13.3. The number of amides is 1.